The van der Waals surface area contributed by atoms with Gasteiger partial charge in [0, 0.05) is 44.3 Å². The maximum absolute atomic E-state index is 14.7. The number of anilines is 2. The van der Waals surface area contributed by atoms with Crippen molar-refractivity contribution in [2.75, 3.05) is 38.3 Å². The van der Waals surface area contributed by atoms with Gasteiger partial charge < -0.3 is 24.8 Å². The molecule has 9 nitrogen and oxygen atoms in total. The molecule has 6 atom stereocenters. The number of hydrogen-bond acceptors (Lipinski definition) is 7. The van der Waals surface area contributed by atoms with Crippen LogP contribution in [0.4, 0.5) is 24.7 Å². The summed E-state index contributed by atoms with van der Waals surface area (Å²) in [5, 5.41) is 13.2. The van der Waals surface area contributed by atoms with Crippen molar-refractivity contribution in [1.29, 1.82) is 0 Å². The minimum absolute atomic E-state index is 0.0392. The van der Waals surface area contributed by atoms with Gasteiger partial charge in [-0.25, -0.2) is 9.78 Å². The lowest BCUT2D eigenvalue weighted by Gasteiger charge is -2.69. The van der Waals surface area contributed by atoms with Gasteiger partial charge in [-0.3, -0.25) is 9.79 Å². The number of nitrogens with zero attached hydrogens (tertiary/aromatic N) is 3. The number of aliphatic imine (C=N–C) groups is 1. The summed E-state index contributed by atoms with van der Waals surface area (Å²) in [4.78, 5) is 36.6. The average Bonchev–Trinajstić information content (AvgIpc) is 3.69. The zero-order valence-corrected chi connectivity index (χ0v) is 26.3. The zero-order chi connectivity index (χ0) is 32.7. The molecular formula is C35H39F3N4O5. The third-order valence-corrected chi connectivity index (χ3v) is 12.4. The molecule has 5 fully saturated rings. The van der Waals surface area contributed by atoms with Crippen molar-refractivity contribution in [2.45, 2.75) is 63.1 Å². The summed E-state index contributed by atoms with van der Waals surface area (Å²) in [6, 6.07) is 6.74. The molecule has 1 spiro atoms. The Kier molecular flexibility index (Phi) is 7.13. The van der Waals surface area contributed by atoms with Crippen LogP contribution in [0.25, 0.3) is 0 Å². The van der Waals surface area contributed by atoms with Crippen molar-refractivity contribution in [3.8, 4) is 5.75 Å². The van der Waals surface area contributed by atoms with Crippen LogP contribution in [-0.2, 0) is 22.1 Å². The number of halogens is 3. The smallest absolute Gasteiger partial charge is 0.434 e. The number of nitrogens with one attached hydrogen (secondary N) is 1. The molecule has 2 aromatic rings. The number of rotatable bonds is 9. The Labute approximate surface area is 270 Å². The lowest BCUT2D eigenvalue weighted by Crippen LogP contribution is -2.73. The zero-order valence-electron chi connectivity index (χ0n) is 26.3. The molecule has 6 unspecified atom stereocenters. The van der Waals surface area contributed by atoms with Crippen LogP contribution in [0.15, 0.2) is 29.3 Å². The van der Waals surface area contributed by atoms with Crippen LogP contribution in [0.3, 0.4) is 0 Å². The van der Waals surface area contributed by atoms with Crippen molar-refractivity contribution in [3.63, 3.8) is 0 Å². The average molecular weight is 653 g/mol. The van der Waals surface area contributed by atoms with E-state index in [0.717, 1.165) is 50.5 Å². The number of fused-ring (bicyclic) bond motifs is 2. The Bertz CT molecular complexity index is 1660. The first-order chi connectivity index (χ1) is 22.6. The molecular weight excluding hydrogens is 613 g/mol. The fourth-order valence-corrected chi connectivity index (χ4v) is 10.3. The summed E-state index contributed by atoms with van der Waals surface area (Å²) in [6.07, 6.45) is 3.19. The van der Waals surface area contributed by atoms with Crippen molar-refractivity contribution < 1.29 is 37.3 Å². The van der Waals surface area contributed by atoms with Crippen LogP contribution in [0.1, 0.15) is 72.1 Å². The molecule has 6 aliphatic rings. The van der Waals surface area contributed by atoms with Gasteiger partial charge in [-0.05, 0) is 116 Å². The summed E-state index contributed by atoms with van der Waals surface area (Å²) in [7, 11) is 1.50. The highest BCUT2D eigenvalue weighted by molar-refractivity contribution is 6.02. The number of carbonyl (C=O) groups excluding carboxylic acids is 1. The lowest BCUT2D eigenvalue weighted by molar-refractivity contribution is -0.209. The maximum atomic E-state index is 14.7. The molecule has 1 amide bonds. The first kappa shape index (κ1) is 30.7. The molecule has 2 aliphatic heterocycles. The SMILES string of the molecule is C/N=C\c1cc(C(=O)NC2(C(=O)O)C3CC4CC5CC2C45C3)c(C(F)(F)F)nc1N1CCc2cc(OCCC3CCOCC3)ccc21. The molecule has 3 heterocycles. The van der Waals surface area contributed by atoms with Crippen LogP contribution in [0, 0.1) is 35.0 Å². The van der Waals surface area contributed by atoms with Gasteiger partial charge in [0.05, 0.1) is 12.2 Å². The largest absolute Gasteiger partial charge is 0.494 e. The number of benzene rings is 1. The Morgan fingerprint density at radius 1 is 1.17 bits per heavy atom. The molecule has 1 aromatic carbocycles. The first-order valence-corrected chi connectivity index (χ1v) is 16.8. The van der Waals surface area contributed by atoms with E-state index >= 15 is 0 Å². The predicted octanol–water partition coefficient (Wildman–Crippen LogP) is 5.66. The highest BCUT2D eigenvalue weighted by atomic mass is 19.4. The standard InChI is InChI=1S/C35H39F3N4O5/c1-39-18-21-13-26(31(43)41-34(32(44)45)24-15-22-14-23-16-28(34)33(22,23)17-24)29(35(36,37)38)40-30(21)42-8-4-20-12-25(2-3-27(20)42)47-11-7-19-5-9-46-10-6-19/h2-3,12-13,18-19,22-24,28H,4-11,14-17H2,1H3,(H,41,43)(H,44,45)/b39-18-. The van der Waals surface area contributed by atoms with E-state index in [0.29, 0.717) is 68.0 Å². The van der Waals surface area contributed by atoms with Crippen molar-refractivity contribution in [1.82, 2.24) is 10.3 Å². The van der Waals surface area contributed by atoms with E-state index in [9.17, 15) is 27.9 Å². The number of aliphatic carboxylic acids is 1. The molecule has 1 saturated heterocycles. The second kappa shape index (κ2) is 10.9. The van der Waals surface area contributed by atoms with Gasteiger partial charge in [-0.2, -0.15) is 13.2 Å². The van der Waals surface area contributed by atoms with Gasteiger partial charge in [0.2, 0.25) is 0 Å². The highest BCUT2D eigenvalue weighted by Crippen LogP contribution is 2.83. The molecule has 2 bridgehead atoms. The maximum Gasteiger partial charge on any atom is 0.434 e. The fourth-order valence-electron chi connectivity index (χ4n) is 10.3. The number of carboxylic acids is 1. The number of alkyl halides is 3. The van der Waals surface area contributed by atoms with Gasteiger partial charge in [-0.15, -0.1) is 0 Å². The summed E-state index contributed by atoms with van der Waals surface area (Å²) >= 11 is 0. The van der Waals surface area contributed by atoms with Gasteiger partial charge in [0.1, 0.15) is 17.1 Å². The third kappa shape index (κ3) is 4.53. The monoisotopic (exact) mass is 652 g/mol. The van der Waals surface area contributed by atoms with E-state index in [4.69, 9.17) is 9.47 Å². The molecule has 12 heteroatoms. The molecule has 2 N–H and O–H groups in total. The number of carbonyl (C=O) groups is 2. The molecule has 250 valence electrons. The highest BCUT2D eigenvalue weighted by Gasteiger charge is 2.83. The van der Waals surface area contributed by atoms with Gasteiger partial charge >= 0.3 is 12.1 Å². The molecule has 8 rings (SSSR count). The van der Waals surface area contributed by atoms with E-state index < -0.39 is 34.8 Å². The Hall–Kier alpha value is -3.67. The van der Waals surface area contributed by atoms with Crippen molar-refractivity contribution >= 4 is 29.6 Å². The first-order valence-electron chi connectivity index (χ1n) is 16.8. The second-order valence-electron chi connectivity index (χ2n) is 14.4. The van der Waals surface area contributed by atoms with Crippen LogP contribution in [0.5, 0.6) is 5.75 Å². The Morgan fingerprint density at radius 2 is 1.94 bits per heavy atom. The topological polar surface area (TPSA) is 113 Å². The molecule has 0 radical (unpaired) electrons. The Morgan fingerprint density at radius 3 is 2.64 bits per heavy atom. The molecule has 4 saturated carbocycles. The third-order valence-electron chi connectivity index (χ3n) is 12.4. The van der Waals surface area contributed by atoms with E-state index in [1.807, 2.05) is 18.2 Å². The number of carboxylic acid groups (broad SMARTS) is 1. The van der Waals surface area contributed by atoms with Gasteiger partial charge in [-0.1, -0.05) is 0 Å². The molecule has 1 aromatic heterocycles. The predicted molar refractivity (Wildman–Crippen MR) is 166 cm³/mol. The number of aromatic nitrogens is 1. The van der Waals surface area contributed by atoms with Crippen LogP contribution in [0.2, 0.25) is 0 Å². The summed E-state index contributed by atoms with van der Waals surface area (Å²) in [6.45, 7) is 2.53. The minimum Gasteiger partial charge on any atom is -0.494 e. The van der Waals surface area contributed by atoms with Crippen molar-refractivity contribution in [3.05, 3.63) is 46.6 Å². The van der Waals surface area contributed by atoms with E-state index in [1.165, 1.54) is 13.3 Å². The minimum atomic E-state index is -4.96. The Balaban J connectivity index is 1.08. The van der Waals surface area contributed by atoms with Crippen molar-refractivity contribution in [2.24, 2.45) is 40.0 Å². The van der Waals surface area contributed by atoms with Gasteiger partial charge in [0.15, 0.2) is 5.69 Å². The number of amides is 1. The van der Waals surface area contributed by atoms with E-state index in [1.54, 1.807) is 4.90 Å². The second-order valence-corrected chi connectivity index (χ2v) is 14.4. The molecule has 4 aliphatic carbocycles. The van der Waals surface area contributed by atoms with Crippen LogP contribution >= 0.6 is 0 Å². The van der Waals surface area contributed by atoms with Crippen LogP contribution in [-0.4, -0.2) is 67.1 Å². The fraction of sp³-hybridized carbons (Fsp3) is 0.600. The summed E-state index contributed by atoms with van der Waals surface area (Å²) < 4.78 is 55.5. The van der Waals surface area contributed by atoms with E-state index in [-0.39, 0.29) is 28.6 Å². The number of ether oxygens (including phenoxy) is 2. The lowest BCUT2D eigenvalue weighted by atomic mass is 9.36. The summed E-state index contributed by atoms with van der Waals surface area (Å²) in [5.41, 5.74) is -1.79. The summed E-state index contributed by atoms with van der Waals surface area (Å²) in [5.74, 6) is -0.511. The van der Waals surface area contributed by atoms with Crippen LogP contribution < -0.4 is 15.0 Å². The number of pyridine rings is 1. The molecule has 47 heavy (non-hydrogen) atoms. The number of hydrogen-bond donors (Lipinski definition) is 2. The van der Waals surface area contributed by atoms with Gasteiger partial charge in [0.25, 0.3) is 5.91 Å². The van der Waals surface area contributed by atoms with E-state index in [2.05, 4.69) is 15.3 Å². The normalized spacial score (nSPS) is 32.1. The quantitative estimate of drug-likeness (QED) is 0.337.